The number of aromatic nitrogens is 2. The molecular formula is C50H34N2S. The number of rotatable bonds is 4. The average molecular weight is 695 g/mol. The highest BCUT2D eigenvalue weighted by Crippen LogP contribution is 2.51. The third-order valence-electron chi connectivity index (χ3n) is 11.4. The van der Waals surface area contributed by atoms with Gasteiger partial charge in [0.1, 0.15) is 5.82 Å². The van der Waals surface area contributed by atoms with E-state index in [9.17, 15) is 0 Å². The van der Waals surface area contributed by atoms with Crippen LogP contribution in [0.4, 0.5) is 0 Å². The standard InChI is InChI=1S/C50H34N2S/c1-50(2)42-23-9-6-18-35(42)40-30-46-41(29-43(40)50)36-19-7-10-24-45(36)52(46)48-28-34(33-17-12-16-32(26-33)31-14-4-3-5-15-31)27-44(51-48)39-22-13-21-38-37-20-8-11-25-47(37)53-49(38)39/h3-30H,1-2H3. The molecule has 2 nitrogen and oxygen atoms in total. The smallest absolute Gasteiger partial charge is 0.138 e. The van der Waals surface area contributed by atoms with Crippen molar-refractivity contribution in [1.82, 2.24) is 9.55 Å². The van der Waals surface area contributed by atoms with Gasteiger partial charge in [0.2, 0.25) is 0 Å². The maximum absolute atomic E-state index is 5.61. The van der Waals surface area contributed by atoms with Crippen molar-refractivity contribution in [2.75, 3.05) is 0 Å². The van der Waals surface area contributed by atoms with E-state index in [1.54, 1.807) is 0 Å². The topological polar surface area (TPSA) is 17.8 Å². The summed E-state index contributed by atoms with van der Waals surface area (Å²) in [5, 5.41) is 5.06. The SMILES string of the molecule is CC1(C)c2ccccc2-c2cc3c(cc21)c1ccccc1n3-c1cc(-c2cccc(-c3ccccc3)c2)cc(-c2cccc3c2sc2ccccc23)n1. The van der Waals surface area contributed by atoms with E-state index in [-0.39, 0.29) is 5.41 Å². The molecule has 1 aliphatic carbocycles. The molecule has 0 bridgehead atoms. The summed E-state index contributed by atoms with van der Waals surface area (Å²) in [5.74, 6) is 0.914. The Morgan fingerprint density at radius 1 is 0.453 bits per heavy atom. The minimum absolute atomic E-state index is 0.0820. The molecule has 0 radical (unpaired) electrons. The Kier molecular flexibility index (Phi) is 6.50. The molecular weight excluding hydrogens is 661 g/mol. The fourth-order valence-corrected chi connectivity index (χ4v) is 10.0. The Balaban J connectivity index is 1.21. The van der Waals surface area contributed by atoms with E-state index in [0.29, 0.717) is 0 Å². The lowest BCUT2D eigenvalue weighted by Gasteiger charge is -2.21. The Bertz CT molecular complexity index is 3090. The number of thiophene rings is 1. The van der Waals surface area contributed by atoms with Crippen LogP contribution < -0.4 is 0 Å². The molecule has 0 saturated heterocycles. The number of fused-ring (bicyclic) bond motifs is 9. The minimum Gasteiger partial charge on any atom is -0.294 e. The van der Waals surface area contributed by atoms with Crippen molar-refractivity contribution in [2.45, 2.75) is 19.3 Å². The van der Waals surface area contributed by atoms with Crippen molar-refractivity contribution in [3.63, 3.8) is 0 Å². The molecule has 7 aromatic carbocycles. The van der Waals surface area contributed by atoms with Crippen LogP contribution in [-0.4, -0.2) is 9.55 Å². The van der Waals surface area contributed by atoms with Crippen LogP contribution in [0.15, 0.2) is 170 Å². The summed E-state index contributed by atoms with van der Waals surface area (Å²) >= 11 is 1.85. The molecule has 3 aromatic heterocycles. The number of pyridine rings is 1. The van der Waals surface area contributed by atoms with Crippen LogP contribution in [0.1, 0.15) is 25.0 Å². The summed E-state index contributed by atoms with van der Waals surface area (Å²) in [4.78, 5) is 5.61. The lowest BCUT2D eigenvalue weighted by Crippen LogP contribution is -2.14. The van der Waals surface area contributed by atoms with Gasteiger partial charge in [-0.3, -0.25) is 4.57 Å². The molecule has 0 amide bonds. The van der Waals surface area contributed by atoms with Crippen molar-refractivity contribution in [3.05, 3.63) is 181 Å². The maximum Gasteiger partial charge on any atom is 0.138 e. The Morgan fingerprint density at radius 2 is 1.13 bits per heavy atom. The Labute approximate surface area is 312 Å². The molecule has 0 aliphatic heterocycles. The summed E-state index contributed by atoms with van der Waals surface area (Å²) in [6, 6.07) is 62.2. The quantitative estimate of drug-likeness (QED) is 0.179. The molecule has 0 saturated carbocycles. The monoisotopic (exact) mass is 694 g/mol. The Morgan fingerprint density at radius 3 is 2.02 bits per heavy atom. The highest BCUT2D eigenvalue weighted by molar-refractivity contribution is 7.26. The minimum atomic E-state index is -0.0820. The van der Waals surface area contributed by atoms with Crippen LogP contribution in [0.5, 0.6) is 0 Å². The molecule has 0 unspecified atom stereocenters. The first-order valence-corrected chi connectivity index (χ1v) is 19.1. The molecule has 11 rings (SSSR count). The van der Waals surface area contributed by atoms with Gasteiger partial charge in [0, 0.05) is 41.9 Å². The second-order valence-electron chi connectivity index (χ2n) is 14.8. The van der Waals surface area contributed by atoms with E-state index in [1.165, 1.54) is 69.8 Å². The fraction of sp³-hybridized carbons (Fsp3) is 0.0600. The maximum atomic E-state index is 5.61. The number of nitrogens with zero attached hydrogens (tertiary/aromatic N) is 2. The molecule has 3 heterocycles. The van der Waals surface area contributed by atoms with E-state index >= 15 is 0 Å². The van der Waals surface area contributed by atoms with Gasteiger partial charge < -0.3 is 0 Å². The van der Waals surface area contributed by atoms with E-state index in [4.69, 9.17) is 4.98 Å². The normalized spacial score (nSPS) is 13.2. The fourth-order valence-electron chi connectivity index (χ4n) is 8.80. The zero-order chi connectivity index (χ0) is 35.3. The third kappa shape index (κ3) is 4.54. The molecule has 0 N–H and O–H groups in total. The molecule has 0 spiro atoms. The van der Waals surface area contributed by atoms with E-state index in [0.717, 1.165) is 33.7 Å². The predicted octanol–water partition coefficient (Wildman–Crippen LogP) is 13.9. The summed E-state index contributed by atoms with van der Waals surface area (Å²) in [7, 11) is 0. The highest BCUT2D eigenvalue weighted by Gasteiger charge is 2.36. The van der Waals surface area contributed by atoms with Crippen LogP contribution in [0.2, 0.25) is 0 Å². The lowest BCUT2D eigenvalue weighted by atomic mass is 9.82. The van der Waals surface area contributed by atoms with Gasteiger partial charge >= 0.3 is 0 Å². The number of hydrogen-bond donors (Lipinski definition) is 0. The molecule has 1 aliphatic rings. The van der Waals surface area contributed by atoms with Crippen LogP contribution >= 0.6 is 11.3 Å². The second-order valence-corrected chi connectivity index (χ2v) is 15.8. The summed E-state index contributed by atoms with van der Waals surface area (Å²) in [6.45, 7) is 4.72. The van der Waals surface area contributed by atoms with Crippen LogP contribution in [0, 0.1) is 0 Å². The number of benzene rings is 7. The third-order valence-corrected chi connectivity index (χ3v) is 12.6. The number of para-hydroxylation sites is 1. The molecule has 53 heavy (non-hydrogen) atoms. The molecule has 0 atom stereocenters. The highest BCUT2D eigenvalue weighted by atomic mass is 32.1. The van der Waals surface area contributed by atoms with E-state index < -0.39 is 0 Å². The lowest BCUT2D eigenvalue weighted by molar-refractivity contribution is 0.661. The van der Waals surface area contributed by atoms with Crippen molar-refractivity contribution < 1.29 is 0 Å². The first-order valence-electron chi connectivity index (χ1n) is 18.3. The summed E-state index contributed by atoms with van der Waals surface area (Å²) in [5.41, 5.74) is 14.5. The first kappa shape index (κ1) is 30.3. The zero-order valence-corrected chi connectivity index (χ0v) is 30.3. The molecule has 0 fully saturated rings. The molecule has 250 valence electrons. The zero-order valence-electron chi connectivity index (χ0n) is 29.5. The van der Waals surface area contributed by atoms with E-state index in [2.05, 4.69) is 188 Å². The van der Waals surface area contributed by atoms with Gasteiger partial charge in [-0.1, -0.05) is 141 Å². The van der Waals surface area contributed by atoms with Crippen LogP contribution in [0.3, 0.4) is 0 Å². The van der Waals surface area contributed by atoms with Crippen LogP contribution in [-0.2, 0) is 5.41 Å². The van der Waals surface area contributed by atoms with Gasteiger partial charge in [0.15, 0.2) is 0 Å². The van der Waals surface area contributed by atoms with Crippen molar-refractivity contribution >= 4 is 53.3 Å². The van der Waals surface area contributed by atoms with Crippen LogP contribution in [0.25, 0.3) is 92.4 Å². The van der Waals surface area contributed by atoms with E-state index in [1.807, 2.05) is 11.3 Å². The van der Waals surface area contributed by atoms with Gasteiger partial charge in [-0.25, -0.2) is 4.98 Å². The van der Waals surface area contributed by atoms with Crippen molar-refractivity contribution in [2.24, 2.45) is 0 Å². The molecule has 10 aromatic rings. The van der Waals surface area contributed by atoms with Gasteiger partial charge in [0.05, 0.1) is 16.7 Å². The first-order chi connectivity index (χ1) is 26.0. The van der Waals surface area contributed by atoms with Crippen molar-refractivity contribution in [3.8, 4) is 50.5 Å². The van der Waals surface area contributed by atoms with Gasteiger partial charge in [-0.15, -0.1) is 11.3 Å². The van der Waals surface area contributed by atoms with Crippen molar-refractivity contribution in [1.29, 1.82) is 0 Å². The van der Waals surface area contributed by atoms with Gasteiger partial charge in [0.25, 0.3) is 0 Å². The molecule has 3 heteroatoms. The van der Waals surface area contributed by atoms with Gasteiger partial charge in [-0.2, -0.15) is 0 Å². The predicted molar refractivity (Wildman–Crippen MR) is 225 cm³/mol. The number of hydrogen-bond acceptors (Lipinski definition) is 2. The largest absolute Gasteiger partial charge is 0.294 e. The Hall–Kier alpha value is -6.29. The average Bonchev–Trinajstić information content (AvgIpc) is 3.83. The summed E-state index contributed by atoms with van der Waals surface area (Å²) in [6.07, 6.45) is 0. The summed E-state index contributed by atoms with van der Waals surface area (Å²) < 4.78 is 4.96. The van der Waals surface area contributed by atoms with Gasteiger partial charge in [-0.05, 0) is 87.0 Å². The second kappa shape index (κ2) is 11.4.